The van der Waals surface area contributed by atoms with Gasteiger partial charge in [0.1, 0.15) is 5.76 Å². The van der Waals surface area contributed by atoms with Gasteiger partial charge in [-0.3, -0.25) is 4.79 Å². The minimum absolute atomic E-state index is 0.0176. The Hall–Kier alpha value is -2.87. The topological polar surface area (TPSA) is 87.9 Å². The minimum atomic E-state index is -0.0693. The summed E-state index contributed by atoms with van der Waals surface area (Å²) in [5.74, 6) is 0.992. The fourth-order valence-corrected chi connectivity index (χ4v) is 4.57. The Morgan fingerprint density at radius 1 is 1.09 bits per heavy atom. The van der Waals surface area contributed by atoms with Crippen LogP contribution in [0.5, 0.6) is 0 Å². The first-order chi connectivity index (χ1) is 15.5. The number of benzene rings is 1. The molecule has 172 valence electrons. The molecular formula is C24H32N4O4. The normalized spacial score (nSPS) is 21.4. The zero-order valence-corrected chi connectivity index (χ0v) is 18.9. The lowest BCUT2D eigenvalue weighted by atomic mass is 9.89. The Morgan fingerprint density at radius 2 is 1.81 bits per heavy atom. The van der Waals surface area contributed by atoms with Crippen LogP contribution in [0.25, 0.3) is 0 Å². The van der Waals surface area contributed by atoms with Crippen molar-refractivity contribution in [2.75, 3.05) is 39.3 Å². The summed E-state index contributed by atoms with van der Waals surface area (Å²) in [5, 5.41) is 7.02. The van der Waals surface area contributed by atoms with E-state index in [0.29, 0.717) is 38.5 Å². The maximum Gasteiger partial charge on any atom is 0.317 e. The zero-order chi connectivity index (χ0) is 22.5. The first kappa shape index (κ1) is 22.3. The number of amides is 3. The number of ether oxygens (including phenoxy) is 1. The van der Waals surface area contributed by atoms with E-state index in [0.717, 1.165) is 36.3 Å². The van der Waals surface area contributed by atoms with Gasteiger partial charge in [-0.1, -0.05) is 35.5 Å². The van der Waals surface area contributed by atoms with Gasteiger partial charge < -0.3 is 24.4 Å². The molecule has 2 atom stereocenters. The van der Waals surface area contributed by atoms with Gasteiger partial charge in [0.2, 0.25) is 5.91 Å². The van der Waals surface area contributed by atoms with E-state index in [-0.39, 0.29) is 30.4 Å². The van der Waals surface area contributed by atoms with Crippen molar-refractivity contribution >= 4 is 11.9 Å². The van der Waals surface area contributed by atoms with Gasteiger partial charge in [-0.25, -0.2) is 4.79 Å². The highest BCUT2D eigenvalue weighted by atomic mass is 16.5. The fraction of sp³-hybridized carbons (Fsp3) is 0.542. The Bertz CT molecular complexity index is 902. The van der Waals surface area contributed by atoms with Gasteiger partial charge >= 0.3 is 6.03 Å². The lowest BCUT2D eigenvalue weighted by Gasteiger charge is -2.36. The average molecular weight is 441 g/mol. The number of aryl methyl sites for hydroxylation is 2. The SMILES string of the molecule is Cc1noc(C)c1CC(=O)N1CCN(C(=O)NCC2CCCOC2c2ccccc2)CC1. The van der Waals surface area contributed by atoms with Crippen molar-refractivity contribution in [1.29, 1.82) is 0 Å². The molecule has 4 rings (SSSR count). The number of carbonyl (C=O) groups excluding carboxylic acids is 2. The van der Waals surface area contributed by atoms with Gasteiger partial charge in [-0.2, -0.15) is 0 Å². The molecule has 2 aliphatic rings. The molecule has 8 nitrogen and oxygen atoms in total. The van der Waals surface area contributed by atoms with E-state index < -0.39 is 0 Å². The summed E-state index contributed by atoms with van der Waals surface area (Å²) < 4.78 is 11.2. The van der Waals surface area contributed by atoms with Gasteiger partial charge in [-0.15, -0.1) is 0 Å². The molecule has 0 saturated carbocycles. The first-order valence-electron chi connectivity index (χ1n) is 11.4. The number of aromatic nitrogens is 1. The molecule has 0 bridgehead atoms. The first-order valence-corrected chi connectivity index (χ1v) is 11.4. The van der Waals surface area contributed by atoms with Crippen LogP contribution in [-0.2, 0) is 16.0 Å². The summed E-state index contributed by atoms with van der Waals surface area (Å²) in [6, 6.07) is 10.2. The molecule has 1 aromatic heterocycles. The molecule has 0 radical (unpaired) electrons. The maximum atomic E-state index is 12.8. The summed E-state index contributed by atoms with van der Waals surface area (Å²) >= 11 is 0. The third-order valence-electron chi connectivity index (χ3n) is 6.52. The van der Waals surface area contributed by atoms with Crippen molar-refractivity contribution in [3.05, 3.63) is 52.9 Å². The van der Waals surface area contributed by atoms with E-state index in [1.165, 1.54) is 0 Å². The third-order valence-corrected chi connectivity index (χ3v) is 6.52. The van der Waals surface area contributed by atoms with Crippen LogP contribution in [0.1, 0.15) is 41.5 Å². The van der Waals surface area contributed by atoms with Crippen molar-refractivity contribution in [2.24, 2.45) is 5.92 Å². The number of rotatable bonds is 5. The van der Waals surface area contributed by atoms with Gasteiger partial charge in [0, 0.05) is 50.8 Å². The number of carbonyl (C=O) groups is 2. The van der Waals surface area contributed by atoms with E-state index in [1.54, 1.807) is 4.90 Å². The van der Waals surface area contributed by atoms with Crippen LogP contribution in [0.15, 0.2) is 34.9 Å². The highest BCUT2D eigenvalue weighted by molar-refractivity contribution is 5.80. The second kappa shape index (κ2) is 10.2. The summed E-state index contributed by atoms with van der Waals surface area (Å²) in [7, 11) is 0. The quantitative estimate of drug-likeness (QED) is 0.773. The summed E-state index contributed by atoms with van der Waals surface area (Å²) in [6.45, 7) is 7.15. The smallest absolute Gasteiger partial charge is 0.317 e. The molecule has 2 unspecified atom stereocenters. The molecule has 0 aliphatic carbocycles. The van der Waals surface area contributed by atoms with Gasteiger partial charge in [0.25, 0.3) is 0 Å². The van der Waals surface area contributed by atoms with Crippen LogP contribution in [0, 0.1) is 19.8 Å². The zero-order valence-electron chi connectivity index (χ0n) is 18.9. The average Bonchev–Trinajstić information content (AvgIpc) is 3.15. The maximum absolute atomic E-state index is 12.8. The highest BCUT2D eigenvalue weighted by Gasteiger charge is 2.29. The number of hydrogen-bond acceptors (Lipinski definition) is 5. The van der Waals surface area contributed by atoms with E-state index in [2.05, 4.69) is 22.6 Å². The monoisotopic (exact) mass is 440 g/mol. The summed E-state index contributed by atoms with van der Waals surface area (Å²) in [4.78, 5) is 29.0. The van der Waals surface area contributed by atoms with E-state index in [9.17, 15) is 9.59 Å². The summed E-state index contributed by atoms with van der Waals surface area (Å²) in [5.41, 5.74) is 2.78. The second-order valence-electron chi connectivity index (χ2n) is 8.64. The van der Waals surface area contributed by atoms with Crippen molar-refractivity contribution in [1.82, 2.24) is 20.3 Å². The molecule has 2 fully saturated rings. The number of nitrogens with zero attached hydrogens (tertiary/aromatic N) is 3. The van der Waals surface area contributed by atoms with Crippen molar-refractivity contribution in [2.45, 2.75) is 39.2 Å². The molecule has 2 saturated heterocycles. The Kier molecular flexibility index (Phi) is 7.09. The van der Waals surface area contributed by atoms with Crippen molar-refractivity contribution in [3.8, 4) is 0 Å². The van der Waals surface area contributed by atoms with E-state index in [1.807, 2.05) is 36.9 Å². The van der Waals surface area contributed by atoms with Crippen LogP contribution in [0.4, 0.5) is 4.79 Å². The molecule has 8 heteroatoms. The second-order valence-corrected chi connectivity index (χ2v) is 8.64. The van der Waals surface area contributed by atoms with Crippen LogP contribution < -0.4 is 5.32 Å². The summed E-state index contributed by atoms with van der Waals surface area (Å²) in [6.07, 6.45) is 2.35. The molecule has 1 N–H and O–H groups in total. The van der Waals surface area contributed by atoms with Crippen LogP contribution in [0.3, 0.4) is 0 Å². The van der Waals surface area contributed by atoms with Gasteiger partial charge in [0.05, 0.1) is 18.2 Å². The molecule has 3 heterocycles. The van der Waals surface area contributed by atoms with Crippen LogP contribution in [-0.4, -0.2) is 66.2 Å². The molecule has 32 heavy (non-hydrogen) atoms. The Labute approximate surface area is 188 Å². The number of urea groups is 1. The van der Waals surface area contributed by atoms with E-state index in [4.69, 9.17) is 9.26 Å². The van der Waals surface area contributed by atoms with Crippen LogP contribution >= 0.6 is 0 Å². The number of hydrogen-bond donors (Lipinski definition) is 1. The van der Waals surface area contributed by atoms with Gasteiger partial charge in [-0.05, 0) is 32.3 Å². The van der Waals surface area contributed by atoms with Gasteiger partial charge in [0.15, 0.2) is 0 Å². The molecule has 0 spiro atoms. The van der Waals surface area contributed by atoms with Crippen LogP contribution in [0.2, 0.25) is 0 Å². The Morgan fingerprint density at radius 3 is 2.50 bits per heavy atom. The molecule has 2 aliphatic heterocycles. The Balaban J connectivity index is 1.25. The number of nitrogens with one attached hydrogen (secondary N) is 1. The van der Waals surface area contributed by atoms with E-state index >= 15 is 0 Å². The lowest BCUT2D eigenvalue weighted by Crippen LogP contribution is -2.54. The third kappa shape index (κ3) is 5.12. The highest BCUT2D eigenvalue weighted by Crippen LogP contribution is 2.33. The minimum Gasteiger partial charge on any atom is -0.373 e. The molecule has 3 amide bonds. The molecular weight excluding hydrogens is 408 g/mol. The predicted molar refractivity (Wildman–Crippen MR) is 119 cm³/mol. The standard InChI is InChI=1S/C24H32N4O4/c1-17-21(18(2)32-26-17)15-22(29)27-10-12-28(13-11-27)24(30)25-16-20-9-6-14-31-23(20)19-7-4-3-5-8-19/h3-5,7-8,20,23H,6,9-16H2,1-2H3,(H,25,30). The largest absolute Gasteiger partial charge is 0.373 e. The molecule has 2 aromatic rings. The van der Waals surface area contributed by atoms with Crippen molar-refractivity contribution in [3.63, 3.8) is 0 Å². The number of piperazine rings is 1. The lowest BCUT2D eigenvalue weighted by molar-refractivity contribution is -0.131. The molecule has 1 aromatic carbocycles. The van der Waals surface area contributed by atoms with Crippen molar-refractivity contribution < 1.29 is 18.8 Å². The fourth-order valence-electron chi connectivity index (χ4n) is 4.57. The predicted octanol–water partition coefficient (Wildman–Crippen LogP) is 2.86.